The summed E-state index contributed by atoms with van der Waals surface area (Å²) < 4.78 is 0. The molecule has 0 aliphatic heterocycles. The minimum Gasteiger partial charge on any atom is -0.361 e. The first-order valence-corrected chi connectivity index (χ1v) is 5.71. The molecule has 90 valence electrons. The van der Waals surface area contributed by atoms with Crippen molar-refractivity contribution in [3.8, 4) is 0 Å². The van der Waals surface area contributed by atoms with Crippen LogP contribution in [0.4, 0.5) is 0 Å². The molecule has 1 heterocycles. The van der Waals surface area contributed by atoms with Crippen molar-refractivity contribution >= 4 is 12.2 Å². The van der Waals surface area contributed by atoms with E-state index in [1.54, 1.807) is 6.08 Å². The van der Waals surface area contributed by atoms with Gasteiger partial charge in [0.1, 0.15) is 0 Å². The van der Waals surface area contributed by atoms with Gasteiger partial charge < -0.3 is 4.98 Å². The molecule has 0 atom stereocenters. The minimum atomic E-state index is 1.10. The molecular weight excluding hydrogens is 194 g/mol. The Morgan fingerprint density at radius 3 is 2.06 bits per heavy atom. The van der Waals surface area contributed by atoms with E-state index in [1.165, 1.54) is 11.1 Å². The minimum absolute atomic E-state index is 1.10. The lowest BCUT2D eigenvalue weighted by molar-refractivity contribution is 1.36. The van der Waals surface area contributed by atoms with Gasteiger partial charge in [0.15, 0.2) is 0 Å². The van der Waals surface area contributed by atoms with Crippen LogP contribution in [-0.2, 0) is 0 Å². The first-order valence-electron chi connectivity index (χ1n) is 5.71. The Hall–Kier alpha value is -1.50. The highest BCUT2D eigenvalue weighted by Crippen LogP contribution is 2.15. The van der Waals surface area contributed by atoms with Crippen LogP contribution in [0.1, 0.15) is 44.5 Å². The topological polar surface area (TPSA) is 15.8 Å². The van der Waals surface area contributed by atoms with E-state index in [0.717, 1.165) is 5.69 Å². The highest BCUT2D eigenvalue weighted by Gasteiger charge is 1.99. The number of hydrogen-bond acceptors (Lipinski definition) is 0. The molecule has 0 radical (unpaired) electrons. The molecule has 0 aromatic carbocycles. The molecule has 1 heteroatoms. The van der Waals surface area contributed by atoms with Gasteiger partial charge in [-0.05, 0) is 32.4 Å². The van der Waals surface area contributed by atoms with E-state index in [9.17, 15) is 0 Å². The Morgan fingerprint density at radius 1 is 1.19 bits per heavy atom. The smallest absolute Gasteiger partial charge is 0.0450 e. The Bertz CT molecular complexity index is 316. The molecule has 0 unspecified atom stereocenters. The standard InChI is InChI=1S/C10H13N.C3H6.C2H6/c1-4-6-9-8(3)7-11-10(9)5-2;1-3-2;1-2/h4-7,11H,2H2,1,3H3;3H,1H2,2H3;1-2H3/b6-4-;;. The van der Waals surface area contributed by atoms with Crippen LogP contribution in [0.3, 0.4) is 0 Å². The largest absolute Gasteiger partial charge is 0.361 e. The summed E-state index contributed by atoms with van der Waals surface area (Å²) in [6, 6.07) is 0. The van der Waals surface area contributed by atoms with Gasteiger partial charge in [-0.15, -0.1) is 6.58 Å². The molecule has 1 rings (SSSR count). The second-order valence-corrected chi connectivity index (χ2v) is 2.91. The summed E-state index contributed by atoms with van der Waals surface area (Å²) in [6.07, 6.45) is 9.70. The fourth-order valence-electron chi connectivity index (χ4n) is 1.11. The van der Waals surface area contributed by atoms with Crippen molar-refractivity contribution in [3.05, 3.63) is 48.3 Å². The Balaban J connectivity index is 0. The number of aryl methyl sites for hydroxylation is 1. The maximum Gasteiger partial charge on any atom is 0.0450 e. The summed E-state index contributed by atoms with van der Waals surface area (Å²) in [5.74, 6) is 0. The average molecular weight is 219 g/mol. The lowest BCUT2D eigenvalue weighted by atomic mass is 10.1. The highest BCUT2D eigenvalue weighted by molar-refractivity contribution is 5.64. The quantitative estimate of drug-likeness (QED) is 0.656. The molecule has 0 fully saturated rings. The van der Waals surface area contributed by atoms with Crippen molar-refractivity contribution < 1.29 is 0 Å². The summed E-state index contributed by atoms with van der Waals surface area (Å²) in [4.78, 5) is 3.14. The van der Waals surface area contributed by atoms with Gasteiger partial charge in [0.2, 0.25) is 0 Å². The van der Waals surface area contributed by atoms with Crippen LogP contribution >= 0.6 is 0 Å². The Kier molecular flexibility index (Phi) is 12.2. The van der Waals surface area contributed by atoms with Gasteiger partial charge in [0.25, 0.3) is 0 Å². The number of rotatable bonds is 2. The maximum atomic E-state index is 3.72. The lowest BCUT2D eigenvalue weighted by Crippen LogP contribution is -1.75. The van der Waals surface area contributed by atoms with Crippen molar-refractivity contribution in [2.24, 2.45) is 0 Å². The number of aromatic amines is 1. The third-order valence-corrected chi connectivity index (χ3v) is 1.70. The van der Waals surface area contributed by atoms with Gasteiger partial charge in [-0.1, -0.05) is 38.7 Å². The Morgan fingerprint density at radius 2 is 1.69 bits per heavy atom. The monoisotopic (exact) mass is 219 g/mol. The molecule has 0 aliphatic carbocycles. The predicted molar refractivity (Wildman–Crippen MR) is 77.5 cm³/mol. The van der Waals surface area contributed by atoms with E-state index in [2.05, 4.69) is 31.1 Å². The summed E-state index contributed by atoms with van der Waals surface area (Å²) in [7, 11) is 0. The van der Waals surface area contributed by atoms with E-state index in [0.29, 0.717) is 0 Å². The molecule has 1 nitrogen and oxygen atoms in total. The number of H-pyrrole nitrogens is 1. The van der Waals surface area contributed by atoms with E-state index >= 15 is 0 Å². The summed E-state index contributed by atoms with van der Waals surface area (Å²) in [6.45, 7) is 17.1. The van der Waals surface area contributed by atoms with Crippen LogP contribution in [0.15, 0.2) is 31.5 Å². The molecule has 0 spiro atoms. The molecule has 0 bridgehead atoms. The number of aromatic nitrogens is 1. The molecule has 0 saturated heterocycles. The van der Waals surface area contributed by atoms with E-state index in [-0.39, 0.29) is 0 Å². The molecule has 0 aliphatic rings. The van der Waals surface area contributed by atoms with Crippen LogP contribution in [0.2, 0.25) is 0 Å². The van der Waals surface area contributed by atoms with Gasteiger partial charge in [0, 0.05) is 17.5 Å². The van der Waals surface area contributed by atoms with Crippen molar-refractivity contribution in [1.82, 2.24) is 4.98 Å². The molecular formula is C15H25N. The third kappa shape index (κ3) is 6.07. The van der Waals surface area contributed by atoms with Crippen LogP contribution < -0.4 is 0 Å². The van der Waals surface area contributed by atoms with Crippen LogP contribution in [-0.4, -0.2) is 4.98 Å². The number of nitrogens with one attached hydrogen (secondary N) is 1. The molecule has 1 aromatic rings. The van der Waals surface area contributed by atoms with Gasteiger partial charge in [-0.3, -0.25) is 0 Å². The fraction of sp³-hybridized carbons (Fsp3) is 0.333. The molecule has 1 N–H and O–H groups in total. The second kappa shape index (κ2) is 11.6. The van der Waals surface area contributed by atoms with Gasteiger partial charge in [0.05, 0.1) is 0 Å². The molecule has 0 saturated carbocycles. The highest BCUT2D eigenvalue weighted by atomic mass is 14.7. The lowest BCUT2D eigenvalue weighted by Gasteiger charge is -1.92. The normalized spacial score (nSPS) is 8.56. The van der Waals surface area contributed by atoms with Crippen LogP contribution in [0.5, 0.6) is 0 Å². The van der Waals surface area contributed by atoms with Gasteiger partial charge in [-0.2, -0.15) is 0 Å². The van der Waals surface area contributed by atoms with Gasteiger partial charge >= 0.3 is 0 Å². The number of hydrogen-bond donors (Lipinski definition) is 1. The predicted octanol–water partition coefficient (Wildman–Crippen LogP) is 5.22. The van der Waals surface area contributed by atoms with E-state index in [1.807, 2.05) is 46.0 Å². The second-order valence-electron chi connectivity index (χ2n) is 2.91. The van der Waals surface area contributed by atoms with Crippen molar-refractivity contribution in [1.29, 1.82) is 0 Å². The van der Waals surface area contributed by atoms with Crippen molar-refractivity contribution in [2.45, 2.75) is 34.6 Å². The number of allylic oxidation sites excluding steroid dienone is 2. The maximum absolute atomic E-state index is 3.72. The zero-order chi connectivity index (χ0) is 13.0. The van der Waals surface area contributed by atoms with Crippen molar-refractivity contribution in [2.75, 3.05) is 0 Å². The summed E-state index contributed by atoms with van der Waals surface area (Å²) in [5, 5.41) is 0. The summed E-state index contributed by atoms with van der Waals surface area (Å²) in [5.41, 5.74) is 3.60. The van der Waals surface area contributed by atoms with Crippen molar-refractivity contribution in [3.63, 3.8) is 0 Å². The average Bonchev–Trinajstić information content (AvgIpc) is 2.65. The van der Waals surface area contributed by atoms with Gasteiger partial charge in [-0.25, -0.2) is 0 Å². The molecule has 1 aromatic heterocycles. The molecule has 16 heavy (non-hydrogen) atoms. The Labute approximate surface area is 101 Å². The van der Waals surface area contributed by atoms with Crippen LogP contribution in [0.25, 0.3) is 12.2 Å². The fourth-order valence-corrected chi connectivity index (χ4v) is 1.11. The zero-order valence-corrected chi connectivity index (χ0v) is 11.3. The first kappa shape index (κ1) is 16.9. The zero-order valence-electron chi connectivity index (χ0n) is 11.3. The third-order valence-electron chi connectivity index (χ3n) is 1.70. The molecule has 0 amide bonds. The van der Waals surface area contributed by atoms with E-state index < -0.39 is 0 Å². The van der Waals surface area contributed by atoms with E-state index in [4.69, 9.17) is 0 Å². The summed E-state index contributed by atoms with van der Waals surface area (Å²) >= 11 is 0. The van der Waals surface area contributed by atoms with Crippen LogP contribution in [0, 0.1) is 6.92 Å². The first-order chi connectivity index (χ1) is 7.71. The SMILES string of the molecule is C=CC.C=Cc1[nH]cc(C)c1/C=C\C.CC.